The van der Waals surface area contributed by atoms with E-state index in [0.717, 1.165) is 18.7 Å². The van der Waals surface area contributed by atoms with E-state index in [2.05, 4.69) is 9.97 Å². The number of amides is 1. The summed E-state index contributed by atoms with van der Waals surface area (Å²) in [5.41, 5.74) is 1.18. The number of carboxylic acid groups (broad SMARTS) is 1. The maximum absolute atomic E-state index is 12.8. The normalized spacial score (nSPS) is 24.3. The molecule has 2 heterocycles. The van der Waals surface area contributed by atoms with Crippen molar-refractivity contribution in [3.05, 3.63) is 23.3 Å². The summed E-state index contributed by atoms with van der Waals surface area (Å²) in [5, 5.41) is 9.40. The van der Waals surface area contributed by atoms with Crippen LogP contribution in [0.2, 0.25) is 0 Å². The van der Waals surface area contributed by atoms with Gasteiger partial charge in [0.25, 0.3) is 5.91 Å². The first-order chi connectivity index (χ1) is 10.9. The van der Waals surface area contributed by atoms with Crippen LogP contribution >= 0.6 is 0 Å². The molecule has 124 valence electrons. The molecule has 1 saturated carbocycles. The van der Waals surface area contributed by atoms with Crippen molar-refractivity contribution in [1.29, 1.82) is 0 Å². The summed E-state index contributed by atoms with van der Waals surface area (Å²) in [4.78, 5) is 34.6. The van der Waals surface area contributed by atoms with Crippen LogP contribution in [-0.2, 0) is 4.79 Å². The summed E-state index contributed by atoms with van der Waals surface area (Å²) >= 11 is 0. The number of carbonyl (C=O) groups excluding carboxylic acids is 1. The molecule has 3 rings (SSSR count). The van der Waals surface area contributed by atoms with Crippen LogP contribution < -0.4 is 0 Å². The zero-order valence-electron chi connectivity index (χ0n) is 13.8. The summed E-state index contributed by atoms with van der Waals surface area (Å²) in [6.07, 6.45) is 3.85. The number of nitrogens with zero attached hydrogens (tertiary/aromatic N) is 3. The Labute approximate surface area is 135 Å². The van der Waals surface area contributed by atoms with E-state index in [4.69, 9.17) is 0 Å². The lowest BCUT2D eigenvalue weighted by atomic mass is 9.86. The van der Waals surface area contributed by atoms with Crippen molar-refractivity contribution in [2.24, 2.45) is 17.8 Å². The zero-order chi connectivity index (χ0) is 16.7. The maximum atomic E-state index is 12.8. The molecule has 1 N–H and O–H groups in total. The molecule has 2 fully saturated rings. The van der Waals surface area contributed by atoms with Crippen molar-refractivity contribution in [3.8, 4) is 0 Å². The molecule has 6 heteroatoms. The van der Waals surface area contributed by atoms with E-state index < -0.39 is 11.9 Å². The topological polar surface area (TPSA) is 83.4 Å². The Morgan fingerprint density at radius 1 is 1.30 bits per heavy atom. The molecule has 0 bridgehead atoms. The van der Waals surface area contributed by atoms with Gasteiger partial charge in [0.2, 0.25) is 0 Å². The van der Waals surface area contributed by atoms with Crippen LogP contribution in [0.1, 0.15) is 54.5 Å². The highest BCUT2D eigenvalue weighted by Crippen LogP contribution is 2.38. The van der Waals surface area contributed by atoms with Crippen molar-refractivity contribution < 1.29 is 14.7 Å². The molecule has 6 nitrogen and oxygen atoms in total. The van der Waals surface area contributed by atoms with Crippen molar-refractivity contribution in [2.75, 3.05) is 13.1 Å². The van der Waals surface area contributed by atoms with Gasteiger partial charge in [0.05, 0.1) is 17.2 Å². The molecule has 0 aromatic carbocycles. The van der Waals surface area contributed by atoms with Crippen molar-refractivity contribution in [3.63, 3.8) is 0 Å². The molecule has 0 unspecified atom stereocenters. The molecule has 1 aliphatic heterocycles. The summed E-state index contributed by atoms with van der Waals surface area (Å²) in [6.45, 7) is 6.59. The van der Waals surface area contributed by atoms with Crippen LogP contribution in [0.3, 0.4) is 0 Å². The molecule has 1 aliphatic carbocycles. The smallest absolute Gasteiger partial charge is 0.308 e. The third-order valence-corrected chi connectivity index (χ3v) is 5.00. The Morgan fingerprint density at radius 2 is 2.00 bits per heavy atom. The molecule has 1 aromatic rings. The molecule has 2 aliphatic rings. The summed E-state index contributed by atoms with van der Waals surface area (Å²) in [7, 11) is 0. The Morgan fingerprint density at radius 3 is 2.48 bits per heavy atom. The first-order valence-corrected chi connectivity index (χ1v) is 8.24. The van der Waals surface area contributed by atoms with Gasteiger partial charge in [0.1, 0.15) is 5.82 Å². The van der Waals surface area contributed by atoms with E-state index in [1.54, 1.807) is 11.1 Å². The van der Waals surface area contributed by atoms with E-state index in [0.29, 0.717) is 23.7 Å². The number of aryl methyl sites for hydroxylation is 1. The molecular formula is C17H23N3O3. The van der Waals surface area contributed by atoms with E-state index in [1.165, 1.54) is 0 Å². The summed E-state index contributed by atoms with van der Waals surface area (Å²) in [6, 6.07) is 0. The second kappa shape index (κ2) is 5.91. The van der Waals surface area contributed by atoms with Crippen LogP contribution in [-0.4, -0.2) is 44.9 Å². The van der Waals surface area contributed by atoms with Gasteiger partial charge in [-0.05, 0) is 31.6 Å². The number of aromatic nitrogens is 2. The molecule has 0 spiro atoms. The molecule has 1 aromatic heterocycles. The molecule has 2 atom stereocenters. The largest absolute Gasteiger partial charge is 0.481 e. The van der Waals surface area contributed by atoms with Gasteiger partial charge < -0.3 is 10.0 Å². The van der Waals surface area contributed by atoms with E-state index in [-0.39, 0.29) is 24.3 Å². The number of hydrogen-bond acceptors (Lipinski definition) is 4. The quantitative estimate of drug-likeness (QED) is 0.919. The highest BCUT2D eigenvalue weighted by atomic mass is 16.4. The standard InChI is InChI=1S/C17H23N3O3/c1-9(2)13-7-20(8-14(13)17(22)23)16(21)12-6-18-15(11-4-5-11)19-10(12)3/h6,9,11,13-14H,4-5,7-8H2,1-3H3,(H,22,23)/t13-,14+/m1/s1. The lowest BCUT2D eigenvalue weighted by Gasteiger charge is -2.19. The van der Waals surface area contributed by atoms with Crippen molar-refractivity contribution in [2.45, 2.75) is 39.5 Å². The number of aliphatic carboxylic acids is 1. The van der Waals surface area contributed by atoms with Gasteiger partial charge in [-0.15, -0.1) is 0 Å². The van der Waals surface area contributed by atoms with Crippen LogP contribution in [0, 0.1) is 24.7 Å². The zero-order valence-corrected chi connectivity index (χ0v) is 13.8. The average Bonchev–Trinajstić information content (AvgIpc) is 3.23. The number of hydrogen-bond donors (Lipinski definition) is 1. The van der Waals surface area contributed by atoms with Crippen LogP contribution in [0.15, 0.2) is 6.20 Å². The average molecular weight is 317 g/mol. The van der Waals surface area contributed by atoms with Crippen molar-refractivity contribution >= 4 is 11.9 Å². The Hall–Kier alpha value is -1.98. The number of likely N-dealkylation sites (tertiary alicyclic amines) is 1. The number of carbonyl (C=O) groups is 2. The molecule has 23 heavy (non-hydrogen) atoms. The van der Waals surface area contributed by atoms with Gasteiger partial charge in [0.15, 0.2) is 0 Å². The third kappa shape index (κ3) is 3.07. The summed E-state index contributed by atoms with van der Waals surface area (Å²) < 4.78 is 0. The second-order valence-corrected chi connectivity index (χ2v) is 7.06. The van der Waals surface area contributed by atoms with E-state index >= 15 is 0 Å². The van der Waals surface area contributed by atoms with Crippen molar-refractivity contribution in [1.82, 2.24) is 14.9 Å². The van der Waals surface area contributed by atoms with Crippen LogP contribution in [0.5, 0.6) is 0 Å². The second-order valence-electron chi connectivity index (χ2n) is 7.06. The van der Waals surface area contributed by atoms with E-state index in [1.807, 2.05) is 20.8 Å². The van der Waals surface area contributed by atoms with Crippen LogP contribution in [0.4, 0.5) is 0 Å². The maximum Gasteiger partial charge on any atom is 0.308 e. The SMILES string of the molecule is Cc1nc(C2CC2)ncc1C(=O)N1C[C@H](C(=O)O)[C@@H](C(C)C)C1. The van der Waals surface area contributed by atoms with Gasteiger partial charge in [0, 0.05) is 25.2 Å². The monoisotopic (exact) mass is 317 g/mol. The molecule has 1 amide bonds. The minimum atomic E-state index is -0.823. The Balaban J connectivity index is 1.79. The predicted octanol–water partition coefficient (Wildman–Crippen LogP) is 2.09. The minimum Gasteiger partial charge on any atom is -0.481 e. The van der Waals surface area contributed by atoms with Gasteiger partial charge in [-0.3, -0.25) is 9.59 Å². The predicted molar refractivity (Wildman–Crippen MR) is 84.1 cm³/mol. The lowest BCUT2D eigenvalue weighted by Crippen LogP contribution is -2.31. The minimum absolute atomic E-state index is 0.0107. The molecule has 0 radical (unpaired) electrons. The Kier molecular flexibility index (Phi) is 4.08. The number of rotatable bonds is 4. The van der Waals surface area contributed by atoms with Gasteiger partial charge in [-0.2, -0.15) is 0 Å². The van der Waals surface area contributed by atoms with E-state index in [9.17, 15) is 14.7 Å². The highest BCUT2D eigenvalue weighted by molar-refractivity contribution is 5.95. The fourth-order valence-corrected chi connectivity index (χ4v) is 3.34. The van der Waals surface area contributed by atoms with Gasteiger partial charge in [-0.1, -0.05) is 13.8 Å². The first-order valence-electron chi connectivity index (χ1n) is 8.24. The fourth-order valence-electron chi connectivity index (χ4n) is 3.34. The Bertz CT molecular complexity index is 640. The third-order valence-electron chi connectivity index (χ3n) is 5.00. The number of carboxylic acids is 1. The molecule has 1 saturated heterocycles. The van der Waals surface area contributed by atoms with Crippen LogP contribution in [0.25, 0.3) is 0 Å². The lowest BCUT2D eigenvalue weighted by molar-refractivity contribution is -0.142. The van der Waals surface area contributed by atoms with Gasteiger partial charge >= 0.3 is 5.97 Å². The molecular weight excluding hydrogens is 294 g/mol. The highest BCUT2D eigenvalue weighted by Gasteiger charge is 2.41. The fraction of sp³-hybridized carbons (Fsp3) is 0.647. The summed E-state index contributed by atoms with van der Waals surface area (Å²) in [5.74, 6) is 0.0170. The van der Waals surface area contributed by atoms with Gasteiger partial charge in [-0.25, -0.2) is 9.97 Å². The first kappa shape index (κ1) is 15.9.